The Morgan fingerprint density at radius 3 is 2.30 bits per heavy atom. The molecule has 0 spiro atoms. The highest BCUT2D eigenvalue weighted by molar-refractivity contribution is 5.93. The number of anilines is 2. The van der Waals surface area contributed by atoms with Crippen LogP contribution in [0.3, 0.4) is 0 Å². The van der Waals surface area contributed by atoms with Crippen molar-refractivity contribution >= 4 is 46.0 Å². The number of hydrogen-bond donors (Lipinski definition) is 1. The maximum absolute atomic E-state index is 13.6. The number of hydrogen-bond acceptors (Lipinski definition) is 8. The first-order chi connectivity index (χ1) is 20.9. The molecule has 238 valence electrons. The lowest BCUT2D eigenvalue weighted by molar-refractivity contribution is 0.288. The number of benzene rings is 2. The largest absolute Gasteiger partial charge is 0.490 e. The van der Waals surface area contributed by atoms with Crippen LogP contribution in [0.1, 0.15) is 70.9 Å². The average Bonchev–Trinajstić information content (AvgIpc) is 3.00. The van der Waals surface area contributed by atoms with E-state index in [-0.39, 0.29) is 29.7 Å². The minimum Gasteiger partial charge on any atom is -0.490 e. The van der Waals surface area contributed by atoms with Gasteiger partial charge in [-0.05, 0) is 58.2 Å². The summed E-state index contributed by atoms with van der Waals surface area (Å²) < 4.78 is 14.9. The van der Waals surface area contributed by atoms with Crippen LogP contribution in [0, 0.1) is 6.92 Å². The molecule has 2 aromatic carbocycles. The molecule has 4 aromatic rings. The predicted octanol–water partition coefficient (Wildman–Crippen LogP) is 6.00. The van der Waals surface area contributed by atoms with Gasteiger partial charge in [0.15, 0.2) is 11.5 Å². The zero-order chi connectivity index (χ0) is 30.5. The highest BCUT2D eigenvalue weighted by atomic mass is 35.5. The summed E-state index contributed by atoms with van der Waals surface area (Å²) in [5.74, 6) is 2.73. The molecular weight excluding hydrogens is 580 g/mol. The molecule has 10 nitrogen and oxygen atoms in total. The zero-order valence-electron chi connectivity index (χ0n) is 26.5. The second-order valence-electron chi connectivity index (χ2n) is 11.3. The molecule has 0 saturated carbocycles. The van der Waals surface area contributed by atoms with Crippen molar-refractivity contribution in [3.63, 3.8) is 0 Å². The number of ether oxygens (including phenoxy) is 2. The lowest BCUT2D eigenvalue weighted by atomic mass is 10.0. The minimum absolute atomic E-state index is 0. The van der Waals surface area contributed by atoms with Crippen molar-refractivity contribution in [2.24, 2.45) is 7.05 Å². The van der Waals surface area contributed by atoms with E-state index in [2.05, 4.69) is 17.1 Å². The maximum Gasteiger partial charge on any atom is 0.331 e. The summed E-state index contributed by atoms with van der Waals surface area (Å²) in [7, 11) is 1.74. The Morgan fingerprint density at radius 2 is 1.61 bits per heavy atom. The Balaban J connectivity index is 0.00000442. The molecule has 2 aromatic heterocycles. The van der Waals surface area contributed by atoms with E-state index in [0.717, 1.165) is 41.7 Å². The molecule has 1 aliphatic heterocycles. The monoisotopic (exact) mass is 624 g/mol. The van der Waals surface area contributed by atoms with Gasteiger partial charge < -0.3 is 19.7 Å². The second kappa shape index (κ2) is 14.8. The molecule has 0 aliphatic carbocycles. The standard InChI is InChI=1S/C33H44N6O4.ClH/c1-6-9-10-11-16-34-32-35-26-21-29(43-8-3)28(42-7-2)20-24(26)30(36-32)38-17-14-23(15-18-38)39-31(40)25-19-22(4)12-13-27(25)37(5)33(39)41;/h12-13,19-21,23H,6-11,14-18H2,1-5H3,(H,34,35,36);1H. The normalized spacial score (nSPS) is 13.7. The molecule has 5 rings (SSSR count). The van der Waals surface area contributed by atoms with Crippen LogP contribution in [0.5, 0.6) is 11.5 Å². The fourth-order valence-electron chi connectivity index (χ4n) is 5.98. The first kappa shape index (κ1) is 33.1. The summed E-state index contributed by atoms with van der Waals surface area (Å²) in [5.41, 5.74) is 1.95. The number of unbranched alkanes of at least 4 members (excludes halogenated alkanes) is 3. The summed E-state index contributed by atoms with van der Waals surface area (Å²) in [6.07, 6.45) is 5.91. The van der Waals surface area contributed by atoms with E-state index >= 15 is 0 Å². The van der Waals surface area contributed by atoms with Gasteiger partial charge in [0.1, 0.15) is 5.82 Å². The average molecular weight is 625 g/mol. The van der Waals surface area contributed by atoms with Crippen molar-refractivity contribution in [2.75, 3.05) is 43.1 Å². The van der Waals surface area contributed by atoms with E-state index < -0.39 is 0 Å². The summed E-state index contributed by atoms with van der Waals surface area (Å²) in [5, 5.41) is 4.90. The topological polar surface area (TPSA) is 104 Å². The number of aromatic nitrogens is 4. The van der Waals surface area contributed by atoms with Crippen molar-refractivity contribution in [3.05, 3.63) is 56.7 Å². The number of nitrogens with zero attached hydrogens (tertiary/aromatic N) is 5. The van der Waals surface area contributed by atoms with E-state index in [4.69, 9.17) is 19.4 Å². The van der Waals surface area contributed by atoms with Gasteiger partial charge >= 0.3 is 5.69 Å². The molecular formula is C33H45ClN6O4. The first-order valence-electron chi connectivity index (χ1n) is 15.7. The molecule has 0 atom stereocenters. The highest BCUT2D eigenvalue weighted by Crippen LogP contribution is 2.37. The lowest BCUT2D eigenvalue weighted by Crippen LogP contribution is -2.45. The molecule has 1 saturated heterocycles. The van der Waals surface area contributed by atoms with Crippen molar-refractivity contribution in [3.8, 4) is 11.5 Å². The number of nitrogens with one attached hydrogen (secondary N) is 1. The van der Waals surface area contributed by atoms with Crippen LogP contribution in [0.2, 0.25) is 0 Å². The van der Waals surface area contributed by atoms with Crippen molar-refractivity contribution < 1.29 is 9.47 Å². The molecule has 1 N–H and O–H groups in total. The van der Waals surface area contributed by atoms with Gasteiger partial charge in [-0.1, -0.05) is 37.8 Å². The Hall–Kier alpha value is -3.79. The van der Waals surface area contributed by atoms with Crippen LogP contribution < -0.4 is 30.9 Å². The van der Waals surface area contributed by atoms with Gasteiger partial charge in [-0.25, -0.2) is 9.78 Å². The van der Waals surface area contributed by atoms with Crippen LogP contribution in [0.4, 0.5) is 11.8 Å². The summed E-state index contributed by atoms with van der Waals surface area (Å²) >= 11 is 0. The van der Waals surface area contributed by atoms with E-state index in [1.807, 2.05) is 51.1 Å². The zero-order valence-corrected chi connectivity index (χ0v) is 27.3. The minimum atomic E-state index is -0.272. The van der Waals surface area contributed by atoms with Crippen LogP contribution in [0.15, 0.2) is 39.9 Å². The number of rotatable bonds is 12. The number of fused-ring (bicyclic) bond motifs is 2. The molecule has 1 fully saturated rings. The Bertz CT molecular complexity index is 1710. The lowest BCUT2D eigenvalue weighted by Gasteiger charge is -2.34. The number of piperidine rings is 1. The molecule has 1 aliphatic rings. The Morgan fingerprint density at radius 1 is 0.909 bits per heavy atom. The molecule has 0 amide bonds. The van der Waals surface area contributed by atoms with Crippen molar-refractivity contribution in [1.82, 2.24) is 19.1 Å². The van der Waals surface area contributed by atoms with Gasteiger partial charge in [-0.2, -0.15) is 4.98 Å². The van der Waals surface area contributed by atoms with Gasteiger partial charge in [0.25, 0.3) is 5.56 Å². The fraction of sp³-hybridized carbons (Fsp3) is 0.515. The van der Waals surface area contributed by atoms with Gasteiger partial charge in [-0.15, -0.1) is 12.4 Å². The van der Waals surface area contributed by atoms with Crippen LogP contribution in [-0.4, -0.2) is 52.0 Å². The third kappa shape index (κ3) is 6.80. The van der Waals surface area contributed by atoms with E-state index in [1.165, 1.54) is 17.4 Å². The number of aryl methyl sites for hydroxylation is 2. The maximum atomic E-state index is 13.6. The first-order valence-corrected chi connectivity index (χ1v) is 15.7. The molecule has 44 heavy (non-hydrogen) atoms. The molecule has 0 radical (unpaired) electrons. The Labute approximate surface area is 264 Å². The van der Waals surface area contributed by atoms with Crippen molar-refractivity contribution in [1.29, 1.82) is 0 Å². The second-order valence-corrected chi connectivity index (χ2v) is 11.3. The van der Waals surface area contributed by atoms with Crippen LogP contribution in [0.25, 0.3) is 21.8 Å². The highest BCUT2D eigenvalue weighted by Gasteiger charge is 2.27. The quantitative estimate of drug-likeness (QED) is 0.191. The van der Waals surface area contributed by atoms with E-state index in [9.17, 15) is 9.59 Å². The third-order valence-corrected chi connectivity index (χ3v) is 8.24. The fourth-order valence-corrected chi connectivity index (χ4v) is 5.98. The van der Waals surface area contributed by atoms with Gasteiger partial charge in [0.05, 0.1) is 29.6 Å². The third-order valence-electron chi connectivity index (χ3n) is 8.24. The van der Waals surface area contributed by atoms with Gasteiger partial charge in [-0.3, -0.25) is 13.9 Å². The SMILES string of the molecule is CCCCCCNc1nc(N2CCC(n3c(=O)c4cc(C)ccc4n(C)c3=O)CC2)c2cc(OCC)c(OCC)cc2n1.Cl. The van der Waals surface area contributed by atoms with Gasteiger partial charge in [0.2, 0.25) is 5.95 Å². The smallest absolute Gasteiger partial charge is 0.331 e. The van der Waals surface area contributed by atoms with E-state index in [0.29, 0.717) is 67.5 Å². The van der Waals surface area contributed by atoms with Gasteiger partial charge in [0, 0.05) is 44.2 Å². The molecule has 11 heteroatoms. The predicted molar refractivity (Wildman–Crippen MR) is 180 cm³/mol. The van der Waals surface area contributed by atoms with E-state index in [1.54, 1.807) is 11.6 Å². The molecule has 0 bridgehead atoms. The summed E-state index contributed by atoms with van der Waals surface area (Å²) in [4.78, 5) is 39.0. The summed E-state index contributed by atoms with van der Waals surface area (Å²) in [6, 6.07) is 9.37. The van der Waals surface area contributed by atoms with Crippen molar-refractivity contribution in [2.45, 2.75) is 72.3 Å². The Kier molecular flexibility index (Phi) is 11.1. The molecule has 3 heterocycles. The summed E-state index contributed by atoms with van der Waals surface area (Å²) in [6.45, 7) is 11.2. The number of halogens is 1. The van der Waals surface area contributed by atoms with Crippen LogP contribution >= 0.6 is 12.4 Å². The molecule has 0 unspecified atom stereocenters. The van der Waals surface area contributed by atoms with Crippen LogP contribution in [-0.2, 0) is 7.05 Å².